The van der Waals surface area contributed by atoms with E-state index in [0.717, 1.165) is 11.3 Å². The van der Waals surface area contributed by atoms with Gasteiger partial charge in [-0.2, -0.15) is 11.8 Å². The van der Waals surface area contributed by atoms with Crippen molar-refractivity contribution in [2.75, 3.05) is 12.9 Å². The maximum Gasteiger partial charge on any atom is 0.330 e. The molecule has 3 heteroatoms. The first-order chi connectivity index (χ1) is 9.74. The third-order valence-electron chi connectivity index (χ3n) is 2.99. The van der Waals surface area contributed by atoms with Crippen molar-refractivity contribution in [3.05, 3.63) is 53.6 Å². The highest BCUT2D eigenvalue weighted by atomic mass is 32.2. The van der Waals surface area contributed by atoms with Crippen molar-refractivity contribution in [3.63, 3.8) is 0 Å². The molecule has 104 valence electrons. The number of thioether (sulfide) groups is 1. The van der Waals surface area contributed by atoms with Crippen LogP contribution in [-0.4, -0.2) is 18.8 Å². The number of hydrogen-bond acceptors (Lipinski definition) is 3. The molecule has 2 aromatic rings. The van der Waals surface area contributed by atoms with Crippen LogP contribution in [0.5, 0.6) is 0 Å². The molecule has 0 saturated heterocycles. The molecule has 20 heavy (non-hydrogen) atoms. The molecule has 0 N–H and O–H groups in total. The van der Waals surface area contributed by atoms with E-state index in [1.807, 2.05) is 18.2 Å². The standard InChI is InChI=1S/C17H18O2S/c1-3-19-17(18)9-8-15-10-13-6-4-5-7-14(13)11-16(15)12-20-2/h4-11H,3,12H2,1-2H3/b9-8+. The molecule has 0 amide bonds. The van der Waals surface area contributed by atoms with Gasteiger partial charge in [-0.3, -0.25) is 0 Å². The highest BCUT2D eigenvalue weighted by molar-refractivity contribution is 7.97. The first-order valence-electron chi connectivity index (χ1n) is 6.60. The van der Waals surface area contributed by atoms with Crippen LogP contribution in [0, 0.1) is 0 Å². The van der Waals surface area contributed by atoms with Gasteiger partial charge in [0, 0.05) is 11.8 Å². The number of carbonyl (C=O) groups is 1. The summed E-state index contributed by atoms with van der Waals surface area (Å²) in [6.45, 7) is 2.21. The van der Waals surface area contributed by atoms with Gasteiger partial charge in [0.25, 0.3) is 0 Å². The average Bonchev–Trinajstić information content (AvgIpc) is 2.45. The quantitative estimate of drug-likeness (QED) is 0.606. The van der Waals surface area contributed by atoms with Crippen molar-refractivity contribution in [1.82, 2.24) is 0 Å². The minimum atomic E-state index is -0.296. The Labute approximate surface area is 123 Å². The highest BCUT2D eigenvalue weighted by Gasteiger charge is 2.03. The predicted molar refractivity (Wildman–Crippen MR) is 86.8 cm³/mol. The summed E-state index contributed by atoms with van der Waals surface area (Å²) in [4.78, 5) is 11.4. The van der Waals surface area contributed by atoms with Crippen LogP contribution in [0.2, 0.25) is 0 Å². The Hall–Kier alpha value is -1.74. The lowest BCUT2D eigenvalue weighted by Gasteiger charge is -2.07. The predicted octanol–water partition coefficient (Wildman–Crippen LogP) is 4.28. The summed E-state index contributed by atoms with van der Waals surface area (Å²) in [5, 5.41) is 2.41. The van der Waals surface area contributed by atoms with Crippen LogP contribution >= 0.6 is 11.8 Å². The fourth-order valence-corrected chi connectivity index (χ4v) is 2.65. The van der Waals surface area contributed by atoms with E-state index >= 15 is 0 Å². The molecule has 0 spiro atoms. The van der Waals surface area contributed by atoms with Gasteiger partial charge in [-0.15, -0.1) is 0 Å². The fraction of sp³-hybridized carbons (Fsp3) is 0.235. The first kappa shape index (κ1) is 14.7. The molecular weight excluding hydrogens is 268 g/mol. The van der Waals surface area contributed by atoms with Gasteiger partial charge in [0.2, 0.25) is 0 Å². The van der Waals surface area contributed by atoms with E-state index in [1.165, 1.54) is 22.4 Å². The third-order valence-corrected chi connectivity index (χ3v) is 3.59. The van der Waals surface area contributed by atoms with Gasteiger partial charge in [-0.05, 0) is 53.3 Å². The summed E-state index contributed by atoms with van der Waals surface area (Å²) in [5.74, 6) is 0.628. The maximum absolute atomic E-state index is 11.4. The van der Waals surface area contributed by atoms with Gasteiger partial charge in [-0.1, -0.05) is 24.3 Å². The summed E-state index contributed by atoms with van der Waals surface area (Å²) in [5.41, 5.74) is 2.31. The molecule has 0 bridgehead atoms. The van der Waals surface area contributed by atoms with Crippen molar-refractivity contribution >= 4 is 34.6 Å². The lowest BCUT2D eigenvalue weighted by molar-refractivity contribution is -0.137. The van der Waals surface area contributed by atoms with Crippen LogP contribution < -0.4 is 0 Å². The molecule has 2 rings (SSSR count). The van der Waals surface area contributed by atoms with Gasteiger partial charge in [0.15, 0.2) is 0 Å². The van der Waals surface area contributed by atoms with Crippen molar-refractivity contribution < 1.29 is 9.53 Å². The Balaban J connectivity index is 2.38. The molecule has 0 aliphatic heterocycles. The smallest absolute Gasteiger partial charge is 0.330 e. The number of ether oxygens (including phenoxy) is 1. The van der Waals surface area contributed by atoms with Crippen LogP contribution in [-0.2, 0) is 15.3 Å². The van der Waals surface area contributed by atoms with E-state index in [0.29, 0.717) is 6.61 Å². The Kier molecular flexibility index (Phi) is 5.24. The average molecular weight is 286 g/mol. The van der Waals surface area contributed by atoms with Crippen LogP contribution in [0.1, 0.15) is 18.1 Å². The molecular formula is C17H18O2S. The van der Waals surface area contributed by atoms with Crippen LogP contribution in [0.4, 0.5) is 0 Å². The number of benzene rings is 2. The summed E-state index contributed by atoms with van der Waals surface area (Å²) in [6.07, 6.45) is 5.42. The lowest BCUT2D eigenvalue weighted by atomic mass is 10.0. The van der Waals surface area contributed by atoms with Crippen molar-refractivity contribution in [2.24, 2.45) is 0 Å². The zero-order valence-electron chi connectivity index (χ0n) is 11.8. The van der Waals surface area contributed by atoms with Crippen LogP contribution in [0.3, 0.4) is 0 Å². The topological polar surface area (TPSA) is 26.3 Å². The van der Waals surface area contributed by atoms with Gasteiger partial charge in [0.1, 0.15) is 0 Å². The Bertz CT molecular complexity index is 632. The van der Waals surface area contributed by atoms with Crippen molar-refractivity contribution in [3.8, 4) is 0 Å². The van der Waals surface area contributed by atoms with Crippen LogP contribution in [0.15, 0.2) is 42.5 Å². The normalized spacial score (nSPS) is 11.1. The monoisotopic (exact) mass is 286 g/mol. The molecule has 2 nitrogen and oxygen atoms in total. The molecule has 0 heterocycles. The first-order valence-corrected chi connectivity index (χ1v) is 7.99. The second kappa shape index (κ2) is 7.15. The van der Waals surface area contributed by atoms with Gasteiger partial charge >= 0.3 is 5.97 Å². The number of carbonyl (C=O) groups excluding carboxylic acids is 1. The van der Waals surface area contributed by atoms with E-state index in [4.69, 9.17) is 4.74 Å². The van der Waals surface area contributed by atoms with E-state index in [1.54, 1.807) is 18.7 Å². The number of rotatable bonds is 5. The summed E-state index contributed by atoms with van der Waals surface area (Å²) in [6, 6.07) is 12.6. The Morgan fingerprint density at radius 2 is 1.95 bits per heavy atom. The molecule has 0 unspecified atom stereocenters. The molecule has 0 fully saturated rings. The lowest BCUT2D eigenvalue weighted by Crippen LogP contribution is -1.99. The third kappa shape index (κ3) is 3.64. The van der Waals surface area contributed by atoms with Gasteiger partial charge in [0.05, 0.1) is 6.61 Å². The van der Waals surface area contributed by atoms with Crippen molar-refractivity contribution in [2.45, 2.75) is 12.7 Å². The fourth-order valence-electron chi connectivity index (χ4n) is 2.09. The summed E-state index contributed by atoms with van der Waals surface area (Å²) in [7, 11) is 0. The summed E-state index contributed by atoms with van der Waals surface area (Å²) < 4.78 is 4.92. The van der Waals surface area contributed by atoms with Gasteiger partial charge in [-0.25, -0.2) is 4.79 Å². The van der Waals surface area contributed by atoms with Crippen molar-refractivity contribution in [1.29, 1.82) is 0 Å². The Morgan fingerprint density at radius 1 is 1.25 bits per heavy atom. The minimum absolute atomic E-state index is 0.296. The maximum atomic E-state index is 11.4. The molecule has 0 aromatic heterocycles. The molecule has 0 aliphatic carbocycles. The molecule has 0 radical (unpaired) electrons. The second-order valence-corrected chi connectivity index (χ2v) is 5.28. The number of fused-ring (bicyclic) bond motifs is 1. The Morgan fingerprint density at radius 3 is 2.60 bits per heavy atom. The number of esters is 1. The van der Waals surface area contributed by atoms with E-state index in [9.17, 15) is 4.79 Å². The zero-order valence-corrected chi connectivity index (χ0v) is 12.6. The largest absolute Gasteiger partial charge is 0.463 e. The van der Waals surface area contributed by atoms with Crippen LogP contribution in [0.25, 0.3) is 16.8 Å². The summed E-state index contributed by atoms with van der Waals surface area (Å²) >= 11 is 1.77. The molecule has 0 saturated carbocycles. The zero-order chi connectivity index (χ0) is 14.4. The molecule has 2 aromatic carbocycles. The van der Waals surface area contributed by atoms with Gasteiger partial charge < -0.3 is 4.74 Å². The SMILES string of the molecule is CCOC(=O)/C=C/c1cc2ccccc2cc1CSC. The molecule has 0 aliphatic rings. The minimum Gasteiger partial charge on any atom is -0.463 e. The van der Waals surface area contributed by atoms with E-state index in [-0.39, 0.29) is 5.97 Å². The highest BCUT2D eigenvalue weighted by Crippen LogP contribution is 2.24. The van der Waals surface area contributed by atoms with E-state index < -0.39 is 0 Å². The number of hydrogen-bond donors (Lipinski definition) is 0. The van der Waals surface area contributed by atoms with E-state index in [2.05, 4.69) is 30.5 Å². The second-order valence-electron chi connectivity index (χ2n) is 4.42. The molecule has 0 atom stereocenters.